The minimum atomic E-state index is -0.475. The van der Waals surface area contributed by atoms with Gasteiger partial charge in [-0.05, 0) is 18.6 Å². The van der Waals surface area contributed by atoms with Crippen LogP contribution in [0.4, 0.5) is 11.4 Å². The molecule has 1 amide bonds. The lowest BCUT2D eigenvalue weighted by Gasteiger charge is -2.02. The van der Waals surface area contributed by atoms with Gasteiger partial charge >= 0.3 is 0 Å². The number of hydrogen-bond acceptors (Lipinski definition) is 3. The Morgan fingerprint density at radius 2 is 2.00 bits per heavy atom. The molecule has 80 valence electrons. The van der Waals surface area contributed by atoms with Crippen LogP contribution in [0.1, 0.15) is 19.8 Å². The average molecular weight is 208 g/mol. The zero-order valence-corrected chi connectivity index (χ0v) is 8.40. The largest absolute Gasteiger partial charge is 0.326 e. The zero-order valence-electron chi connectivity index (χ0n) is 8.40. The molecule has 0 heterocycles. The van der Waals surface area contributed by atoms with Crippen molar-refractivity contribution in [2.24, 2.45) is 0 Å². The molecule has 15 heavy (non-hydrogen) atoms. The molecule has 1 N–H and O–H groups in total. The fraction of sp³-hybridized carbons (Fsp3) is 0.300. The topological polar surface area (TPSA) is 72.2 Å². The molecule has 1 aromatic carbocycles. The highest BCUT2D eigenvalue weighted by Gasteiger charge is 2.05. The lowest BCUT2D eigenvalue weighted by molar-refractivity contribution is -0.384. The molecule has 0 aliphatic carbocycles. The Hall–Kier alpha value is -1.91. The van der Waals surface area contributed by atoms with Crippen molar-refractivity contribution in [3.8, 4) is 0 Å². The van der Waals surface area contributed by atoms with E-state index in [9.17, 15) is 14.9 Å². The van der Waals surface area contributed by atoms with E-state index in [-0.39, 0.29) is 11.6 Å². The lowest BCUT2D eigenvalue weighted by atomic mass is 10.2. The number of nitrogens with one attached hydrogen (secondary N) is 1. The second-order valence-corrected chi connectivity index (χ2v) is 3.10. The standard InChI is InChI=1S/C10H12N2O3/c1-2-3-10(13)11-8-4-6-9(7-5-8)12(14)15/h4-7H,2-3H2,1H3,(H,11,13). The number of hydrogen-bond donors (Lipinski definition) is 1. The monoisotopic (exact) mass is 208 g/mol. The SMILES string of the molecule is CCCC(=O)Nc1ccc([N+](=O)[O-])cc1. The molecule has 0 saturated carbocycles. The van der Waals surface area contributed by atoms with Crippen molar-refractivity contribution in [1.29, 1.82) is 0 Å². The molecule has 0 aromatic heterocycles. The van der Waals surface area contributed by atoms with Gasteiger partial charge in [0.05, 0.1) is 4.92 Å². The molecule has 1 aromatic rings. The van der Waals surface area contributed by atoms with Crippen molar-refractivity contribution >= 4 is 17.3 Å². The van der Waals surface area contributed by atoms with Crippen LogP contribution in [0, 0.1) is 10.1 Å². The summed E-state index contributed by atoms with van der Waals surface area (Å²) in [6.07, 6.45) is 1.23. The first-order valence-electron chi connectivity index (χ1n) is 4.67. The number of nitro groups is 1. The molecule has 0 radical (unpaired) electrons. The van der Waals surface area contributed by atoms with Gasteiger partial charge < -0.3 is 5.32 Å². The van der Waals surface area contributed by atoms with Crippen LogP contribution in [0.25, 0.3) is 0 Å². The van der Waals surface area contributed by atoms with Crippen LogP contribution in [-0.2, 0) is 4.79 Å². The molecule has 5 heteroatoms. The number of amides is 1. The number of non-ortho nitro benzene ring substituents is 1. The second-order valence-electron chi connectivity index (χ2n) is 3.10. The molecule has 0 spiro atoms. The van der Waals surface area contributed by atoms with Gasteiger partial charge in [-0.1, -0.05) is 6.92 Å². The number of rotatable bonds is 4. The third-order valence-electron chi connectivity index (χ3n) is 1.84. The summed E-state index contributed by atoms with van der Waals surface area (Å²) in [5.41, 5.74) is 0.600. The predicted molar refractivity (Wildman–Crippen MR) is 56.6 cm³/mol. The molecular formula is C10H12N2O3. The van der Waals surface area contributed by atoms with E-state index in [0.717, 1.165) is 6.42 Å². The lowest BCUT2D eigenvalue weighted by Crippen LogP contribution is -2.10. The minimum absolute atomic E-state index is 0.0171. The summed E-state index contributed by atoms with van der Waals surface area (Å²) in [6.45, 7) is 1.91. The van der Waals surface area contributed by atoms with E-state index in [1.54, 1.807) is 0 Å². The van der Waals surface area contributed by atoms with Gasteiger partial charge in [0.1, 0.15) is 0 Å². The molecule has 1 rings (SSSR count). The van der Waals surface area contributed by atoms with E-state index in [1.165, 1.54) is 24.3 Å². The average Bonchev–Trinajstić information content (AvgIpc) is 2.18. The van der Waals surface area contributed by atoms with Crippen LogP contribution in [0.2, 0.25) is 0 Å². The Morgan fingerprint density at radius 3 is 2.47 bits per heavy atom. The first-order valence-corrected chi connectivity index (χ1v) is 4.67. The summed E-state index contributed by atoms with van der Waals surface area (Å²) in [5, 5.41) is 13.0. The maximum atomic E-state index is 11.2. The summed E-state index contributed by atoms with van der Waals surface area (Å²) < 4.78 is 0. The van der Waals surface area contributed by atoms with Crippen LogP contribution in [-0.4, -0.2) is 10.8 Å². The molecule has 0 bridgehead atoms. The number of anilines is 1. The highest BCUT2D eigenvalue weighted by atomic mass is 16.6. The second kappa shape index (κ2) is 5.09. The minimum Gasteiger partial charge on any atom is -0.326 e. The Morgan fingerprint density at radius 1 is 1.40 bits per heavy atom. The Bertz CT molecular complexity index is 359. The Labute approximate surface area is 87.3 Å². The van der Waals surface area contributed by atoms with Crippen molar-refractivity contribution in [2.75, 3.05) is 5.32 Å². The first kappa shape index (κ1) is 11.2. The van der Waals surface area contributed by atoms with Crippen LogP contribution in [0.5, 0.6) is 0 Å². The van der Waals surface area contributed by atoms with Gasteiger partial charge in [-0.15, -0.1) is 0 Å². The van der Waals surface area contributed by atoms with Crippen LogP contribution >= 0.6 is 0 Å². The van der Waals surface area contributed by atoms with E-state index in [0.29, 0.717) is 12.1 Å². The number of carbonyl (C=O) groups excluding carboxylic acids is 1. The maximum Gasteiger partial charge on any atom is 0.269 e. The van der Waals surface area contributed by atoms with E-state index in [2.05, 4.69) is 5.32 Å². The Balaban J connectivity index is 2.64. The maximum absolute atomic E-state index is 11.2. The number of nitrogens with zero attached hydrogens (tertiary/aromatic N) is 1. The summed E-state index contributed by atoms with van der Waals surface area (Å²) in [7, 11) is 0. The first-order chi connectivity index (χ1) is 7.13. The fourth-order valence-electron chi connectivity index (χ4n) is 1.12. The quantitative estimate of drug-likeness (QED) is 0.609. The van der Waals surface area contributed by atoms with Crippen molar-refractivity contribution in [3.05, 3.63) is 34.4 Å². The fourth-order valence-corrected chi connectivity index (χ4v) is 1.12. The van der Waals surface area contributed by atoms with Gasteiger partial charge in [0.25, 0.3) is 5.69 Å². The highest BCUT2D eigenvalue weighted by Crippen LogP contribution is 2.15. The van der Waals surface area contributed by atoms with Gasteiger partial charge in [0.15, 0.2) is 0 Å². The predicted octanol–water partition coefficient (Wildman–Crippen LogP) is 2.33. The van der Waals surface area contributed by atoms with Gasteiger partial charge in [0, 0.05) is 24.2 Å². The molecule has 0 unspecified atom stereocenters. The van der Waals surface area contributed by atoms with E-state index in [4.69, 9.17) is 0 Å². The van der Waals surface area contributed by atoms with Crippen molar-refractivity contribution in [1.82, 2.24) is 0 Å². The number of carbonyl (C=O) groups is 1. The summed E-state index contributed by atoms with van der Waals surface area (Å²) in [4.78, 5) is 21.1. The summed E-state index contributed by atoms with van der Waals surface area (Å²) in [5.74, 6) is -0.0775. The normalized spacial score (nSPS) is 9.67. The summed E-state index contributed by atoms with van der Waals surface area (Å²) in [6, 6.07) is 5.76. The van der Waals surface area contributed by atoms with Gasteiger partial charge in [-0.25, -0.2) is 0 Å². The van der Waals surface area contributed by atoms with Gasteiger partial charge in [0.2, 0.25) is 5.91 Å². The summed E-state index contributed by atoms with van der Waals surface area (Å²) >= 11 is 0. The molecule has 0 atom stereocenters. The van der Waals surface area contributed by atoms with Gasteiger partial charge in [-0.3, -0.25) is 14.9 Å². The van der Waals surface area contributed by atoms with E-state index in [1.807, 2.05) is 6.92 Å². The van der Waals surface area contributed by atoms with Crippen molar-refractivity contribution < 1.29 is 9.72 Å². The third-order valence-corrected chi connectivity index (χ3v) is 1.84. The third kappa shape index (κ3) is 3.38. The molecule has 5 nitrogen and oxygen atoms in total. The van der Waals surface area contributed by atoms with Crippen LogP contribution < -0.4 is 5.32 Å². The van der Waals surface area contributed by atoms with E-state index >= 15 is 0 Å². The molecule has 0 aliphatic rings. The molecule has 0 fully saturated rings. The van der Waals surface area contributed by atoms with E-state index < -0.39 is 4.92 Å². The molecular weight excluding hydrogens is 196 g/mol. The van der Waals surface area contributed by atoms with Crippen LogP contribution in [0.15, 0.2) is 24.3 Å². The smallest absolute Gasteiger partial charge is 0.269 e. The van der Waals surface area contributed by atoms with Gasteiger partial charge in [-0.2, -0.15) is 0 Å². The Kier molecular flexibility index (Phi) is 3.79. The molecule has 0 aliphatic heterocycles. The zero-order chi connectivity index (χ0) is 11.3. The van der Waals surface area contributed by atoms with Crippen LogP contribution in [0.3, 0.4) is 0 Å². The highest BCUT2D eigenvalue weighted by molar-refractivity contribution is 5.90. The number of nitro benzene ring substituents is 1. The number of benzene rings is 1. The van der Waals surface area contributed by atoms with Crippen molar-refractivity contribution in [2.45, 2.75) is 19.8 Å². The molecule has 0 saturated heterocycles. The van der Waals surface area contributed by atoms with Crippen molar-refractivity contribution in [3.63, 3.8) is 0 Å².